The topological polar surface area (TPSA) is 42.0 Å². The van der Waals surface area contributed by atoms with E-state index in [1.54, 1.807) is 0 Å². The van der Waals surface area contributed by atoms with Crippen LogP contribution in [0.4, 0.5) is 0 Å². The predicted octanol–water partition coefficient (Wildman–Crippen LogP) is 2.30. The highest BCUT2D eigenvalue weighted by Crippen LogP contribution is 2.26. The van der Waals surface area contributed by atoms with Crippen LogP contribution >= 0.6 is 0 Å². The number of ketones is 1. The van der Waals surface area contributed by atoms with Crippen molar-refractivity contribution in [2.45, 2.75) is 20.3 Å². The van der Waals surface area contributed by atoms with Crippen molar-refractivity contribution in [3.05, 3.63) is 23.8 Å². The van der Waals surface area contributed by atoms with Crippen molar-refractivity contribution in [3.8, 4) is 11.5 Å². The minimum atomic E-state index is 0.135. The Morgan fingerprint density at radius 1 is 1.09 bits per heavy atom. The van der Waals surface area contributed by atoms with Crippen LogP contribution in [0.2, 0.25) is 0 Å². The molecule has 1 heterocycles. The molecular weight excluding hydrogens is 292 g/mol. The standard InChI is InChI=1S/C18H28N2O3/c1-4-22-15-6-7-16(18(14-15)23-5-2)17(21)8-9-20-12-10-19(3)11-13-20/h6-7,14H,4-5,8-13H2,1-3H3. The van der Waals surface area contributed by atoms with Crippen LogP contribution in [0.25, 0.3) is 0 Å². The molecule has 0 atom stereocenters. The number of carbonyl (C=O) groups is 1. The SMILES string of the molecule is CCOc1ccc(C(=O)CCN2CCN(C)CC2)c(OCC)c1. The summed E-state index contributed by atoms with van der Waals surface area (Å²) in [6.07, 6.45) is 0.526. The number of carbonyl (C=O) groups excluding carboxylic acids is 1. The smallest absolute Gasteiger partial charge is 0.167 e. The van der Waals surface area contributed by atoms with Gasteiger partial charge in [-0.2, -0.15) is 0 Å². The third-order valence-corrected chi connectivity index (χ3v) is 4.12. The summed E-state index contributed by atoms with van der Waals surface area (Å²) >= 11 is 0. The Morgan fingerprint density at radius 3 is 2.43 bits per heavy atom. The zero-order chi connectivity index (χ0) is 16.7. The Kier molecular flexibility index (Phi) is 6.86. The van der Waals surface area contributed by atoms with E-state index in [0.717, 1.165) is 38.5 Å². The van der Waals surface area contributed by atoms with E-state index in [1.807, 2.05) is 32.0 Å². The molecule has 5 heteroatoms. The average Bonchev–Trinajstić information content (AvgIpc) is 2.55. The summed E-state index contributed by atoms with van der Waals surface area (Å²) in [6.45, 7) is 10.0. The second kappa shape index (κ2) is 8.89. The molecule has 0 bridgehead atoms. The number of likely N-dealkylation sites (N-methyl/N-ethyl adjacent to an activating group) is 1. The molecule has 0 N–H and O–H groups in total. The van der Waals surface area contributed by atoms with Gasteiger partial charge in [0.1, 0.15) is 11.5 Å². The number of Topliss-reactive ketones (excluding diaryl/α,β-unsaturated/α-hetero) is 1. The van der Waals surface area contributed by atoms with Crippen LogP contribution in [0.1, 0.15) is 30.6 Å². The van der Waals surface area contributed by atoms with E-state index in [4.69, 9.17) is 9.47 Å². The van der Waals surface area contributed by atoms with Crippen molar-refractivity contribution in [1.29, 1.82) is 0 Å². The van der Waals surface area contributed by atoms with Crippen LogP contribution in [-0.2, 0) is 0 Å². The first-order valence-electron chi connectivity index (χ1n) is 8.47. The number of rotatable bonds is 8. The lowest BCUT2D eigenvalue weighted by Crippen LogP contribution is -2.45. The minimum Gasteiger partial charge on any atom is -0.494 e. The minimum absolute atomic E-state index is 0.135. The summed E-state index contributed by atoms with van der Waals surface area (Å²) in [4.78, 5) is 17.2. The summed E-state index contributed by atoms with van der Waals surface area (Å²) in [5, 5.41) is 0. The monoisotopic (exact) mass is 320 g/mol. The molecule has 0 unspecified atom stereocenters. The van der Waals surface area contributed by atoms with Crippen molar-refractivity contribution in [1.82, 2.24) is 9.80 Å². The summed E-state index contributed by atoms with van der Waals surface area (Å²) in [7, 11) is 2.14. The van der Waals surface area contributed by atoms with Gasteiger partial charge in [0.15, 0.2) is 5.78 Å². The van der Waals surface area contributed by atoms with Gasteiger partial charge in [-0.15, -0.1) is 0 Å². The van der Waals surface area contributed by atoms with Crippen LogP contribution in [0.5, 0.6) is 11.5 Å². The summed E-state index contributed by atoms with van der Waals surface area (Å²) in [6, 6.07) is 5.48. The van der Waals surface area contributed by atoms with E-state index in [9.17, 15) is 4.79 Å². The number of ether oxygens (including phenoxy) is 2. The Labute approximate surface area is 139 Å². The normalized spacial score (nSPS) is 16.3. The molecular formula is C18H28N2O3. The zero-order valence-electron chi connectivity index (χ0n) is 14.5. The number of benzene rings is 1. The molecule has 5 nitrogen and oxygen atoms in total. The number of piperazine rings is 1. The molecule has 0 saturated carbocycles. The van der Waals surface area contributed by atoms with Gasteiger partial charge in [-0.1, -0.05) is 0 Å². The molecule has 1 aromatic carbocycles. The van der Waals surface area contributed by atoms with E-state index in [-0.39, 0.29) is 5.78 Å². The molecule has 1 aromatic rings. The van der Waals surface area contributed by atoms with Gasteiger partial charge in [-0.05, 0) is 33.0 Å². The van der Waals surface area contributed by atoms with Crippen LogP contribution in [0, 0.1) is 0 Å². The van der Waals surface area contributed by atoms with Crippen LogP contribution < -0.4 is 9.47 Å². The van der Waals surface area contributed by atoms with E-state index in [1.165, 1.54) is 0 Å². The maximum absolute atomic E-state index is 12.6. The van der Waals surface area contributed by atoms with Crippen LogP contribution in [0.15, 0.2) is 18.2 Å². The van der Waals surface area contributed by atoms with Crippen molar-refractivity contribution in [2.24, 2.45) is 0 Å². The largest absolute Gasteiger partial charge is 0.494 e. The maximum Gasteiger partial charge on any atom is 0.167 e. The maximum atomic E-state index is 12.6. The van der Waals surface area contributed by atoms with E-state index >= 15 is 0 Å². The first kappa shape index (κ1) is 17.8. The molecule has 0 aliphatic carbocycles. The quantitative estimate of drug-likeness (QED) is 0.688. The lowest BCUT2D eigenvalue weighted by atomic mass is 10.1. The molecule has 0 aromatic heterocycles. The first-order valence-corrected chi connectivity index (χ1v) is 8.47. The highest BCUT2D eigenvalue weighted by atomic mass is 16.5. The second-order valence-electron chi connectivity index (χ2n) is 5.84. The second-order valence-corrected chi connectivity index (χ2v) is 5.84. The van der Waals surface area contributed by atoms with E-state index < -0.39 is 0 Å². The molecule has 1 saturated heterocycles. The van der Waals surface area contributed by atoms with Gasteiger partial charge in [0.25, 0.3) is 0 Å². The van der Waals surface area contributed by atoms with Gasteiger partial charge in [-0.25, -0.2) is 0 Å². The molecule has 0 radical (unpaired) electrons. The van der Waals surface area contributed by atoms with Gasteiger partial charge < -0.3 is 19.3 Å². The first-order chi connectivity index (χ1) is 11.1. The molecule has 23 heavy (non-hydrogen) atoms. The van der Waals surface area contributed by atoms with Gasteiger partial charge >= 0.3 is 0 Å². The number of hydrogen-bond acceptors (Lipinski definition) is 5. The molecule has 0 amide bonds. The Hall–Kier alpha value is -1.59. The third-order valence-electron chi connectivity index (χ3n) is 4.12. The molecule has 1 aliphatic rings. The van der Waals surface area contributed by atoms with Crippen LogP contribution in [0.3, 0.4) is 0 Å². The number of nitrogens with zero attached hydrogens (tertiary/aromatic N) is 2. The number of hydrogen-bond donors (Lipinski definition) is 0. The lowest BCUT2D eigenvalue weighted by molar-refractivity contribution is 0.0938. The summed E-state index contributed by atoms with van der Waals surface area (Å²) < 4.78 is 11.1. The highest BCUT2D eigenvalue weighted by Gasteiger charge is 2.18. The third kappa shape index (κ3) is 5.22. The van der Waals surface area contributed by atoms with Gasteiger partial charge in [-0.3, -0.25) is 4.79 Å². The Morgan fingerprint density at radius 2 is 1.78 bits per heavy atom. The molecule has 2 rings (SSSR count). The molecule has 128 valence electrons. The fourth-order valence-electron chi connectivity index (χ4n) is 2.73. The van der Waals surface area contributed by atoms with Crippen LogP contribution in [-0.4, -0.2) is 68.6 Å². The van der Waals surface area contributed by atoms with Crippen molar-refractivity contribution >= 4 is 5.78 Å². The zero-order valence-corrected chi connectivity index (χ0v) is 14.5. The molecule has 1 aliphatic heterocycles. The fraction of sp³-hybridized carbons (Fsp3) is 0.611. The fourth-order valence-corrected chi connectivity index (χ4v) is 2.73. The summed E-state index contributed by atoms with van der Waals surface area (Å²) in [5.41, 5.74) is 0.657. The van der Waals surface area contributed by atoms with E-state index in [2.05, 4.69) is 16.8 Å². The van der Waals surface area contributed by atoms with E-state index in [0.29, 0.717) is 30.9 Å². The van der Waals surface area contributed by atoms with Gasteiger partial charge in [0.05, 0.1) is 18.8 Å². The van der Waals surface area contributed by atoms with Crippen molar-refractivity contribution in [2.75, 3.05) is 53.0 Å². The molecule has 1 fully saturated rings. The average molecular weight is 320 g/mol. The summed E-state index contributed by atoms with van der Waals surface area (Å²) in [5.74, 6) is 1.50. The Bertz CT molecular complexity index is 511. The molecule has 0 spiro atoms. The van der Waals surface area contributed by atoms with Gasteiger partial charge in [0, 0.05) is 45.2 Å². The predicted molar refractivity (Wildman–Crippen MR) is 91.7 cm³/mol. The lowest BCUT2D eigenvalue weighted by Gasteiger charge is -2.32. The highest BCUT2D eigenvalue weighted by molar-refractivity contribution is 5.99. The van der Waals surface area contributed by atoms with Crippen molar-refractivity contribution < 1.29 is 14.3 Å². The van der Waals surface area contributed by atoms with Gasteiger partial charge in [0.2, 0.25) is 0 Å². The Balaban J connectivity index is 1.97. The van der Waals surface area contributed by atoms with Crippen molar-refractivity contribution in [3.63, 3.8) is 0 Å².